The summed E-state index contributed by atoms with van der Waals surface area (Å²) in [5, 5.41) is 3.35. The van der Waals surface area contributed by atoms with Crippen LogP contribution in [0.25, 0.3) is 0 Å². The number of rotatable bonds is 8. The highest BCUT2D eigenvalue weighted by Gasteiger charge is 2.09. The smallest absolute Gasteiger partial charge is 0.110 e. The van der Waals surface area contributed by atoms with E-state index in [9.17, 15) is 0 Å². The molecule has 1 rings (SSSR count). The number of allylic oxidation sites excluding steroid dienone is 1. The molecular weight excluding hydrogens is 204 g/mol. The Bertz CT molecular complexity index is 195. The van der Waals surface area contributed by atoms with E-state index in [0.29, 0.717) is 6.10 Å². The van der Waals surface area contributed by atoms with Gasteiger partial charge in [-0.25, -0.2) is 0 Å². The van der Waals surface area contributed by atoms with E-state index in [1.54, 1.807) is 0 Å². The second-order valence-corrected chi connectivity index (χ2v) is 4.33. The van der Waals surface area contributed by atoms with Gasteiger partial charge in [-0.15, -0.1) is 0 Å². The Morgan fingerprint density at radius 3 is 3.00 bits per heavy atom. The molecule has 16 heavy (non-hydrogen) atoms. The first kappa shape index (κ1) is 13.5. The molecule has 0 spiro atoms. The lowest BCUT2D eigenvalue weighted by Gasteiger charge is -2.19. The Balaban J connectivity index is 1.82. The number of hydrogen-bond donors (Lipinski definition) is 1. The van der Waals surface area contributed by atoms with Crippen LogP contribution in [0.5, 0.6) is 0 Å². The molecular formula is C12H24N2O2. The fourth-order valence-electron chi connectivity index (χ4n) is 1.49. The largest absolute Gasteiger partial charge is 0.497 e. The molecule has 1 unspecified atom stereocenters. The first-order chi connectivity index (χ1) is 7.79. The summed E-state index contributed by atoms with van der Waals surface area (Å²) in [6.45, 7) is 4.38. The SMILES string of the molecule is CN(C)CCOCCNCC1CCC=CO1. The third kappa shape index (κ3) is 6.82. The lowest BCUT2D eigenvalue weighted by atomic mass is 10.1. The Hall–Kier alpha value is -0.580. The van der Waals surface area contributed by atoms with E-state index in [4.69, 9.17) is 9.47 Å². The molecule has 0 aromatic heterocycles. The molecule has 1 heterocycles. The zero-order valence-electron chi connectivity index (χ0n) is 10.4. The molecule has 94 valence electrons. The molecule has 0 aromatic rings. The van der Waals surface area contributed by atoms with Crippen molar-refractivity contribution in [3.8, 4) is 0 Å². The first-order valence-electron chi connectivity index (χ1n) is 6.02. The molecule has 0 saturated carbocycles. The minimum absolute atomic E-state index is 0.340. The topological polar surface area (TPSA) is 33.7 Å². The van der Waals surface area contributed by atoms with Gasteiger partial charge >= 0.3 is 0 Å². The van der Waals surface area contributed by atoms with E-state index in [0.717, 1.165) is 45.7 Å². The molecule has 0 saturated heterocycles. The van der Waals surface area contributed by atoms with E-state index >= 15 is 0 Å². The second kappa shape index (κ2) is 8.56. The Morgan fingerprint density at radius 1 is 1.44 bits per heavy atom. The highest BCUT2D eigenvalue weighted by atomic mass is 16.5. The lowest BCUT2D eigenvalue weighted by molar-refractivity contribution is 0.104. The fourth-order valence-corrected chi connectivity index (χ4v) is 1.49. The summed E-state index contributed by atoms with van der Waals surface area (Å²) in [6, 6.07) is 0. The molecule has 0 aliphatic carbocycles. The van der Waals surface area contributed by atoms with Crippen LogP contribution in [-0.4, -0.2) is 57.9 Å². The average Bonchev–Trinajstić information content (AvgIpc) is 2.29. The van der Waals surface area contributed by atoms with Crippen LogP contribution in [0.4, 0.5) is 0 Å². The van der Waals surface area contributed by atoms with Crippen LogP contribution in [0.15, 0.2) is 12.3 Å². The molecule has 0 radical (unpaired) electrons. The normalized spacial score (nSPS) is 20.1. The van der Waals surface area contributed by atoms with Gasteiger partial charge in [-0.2, -0.15) is 0 Å². The van der Waals surface area contributed by atoms with Gasteiger partial charge in [0.05, 0.1) is 19.5 Å². The quantitative estimate of drug-likeness (QED) is 0.624. The number of likely N-dealkylation sites (N-methyl/N-ethyl adjacent to an activating group) is 1. The van der Waals surface area contributed by atoms with Crippen LogP contribution < -0.4 is 5.32 Å². The highest BCUT2D eigenvalue weighted by molar-refractivity contribution is 4.82. The maximum absolute atomic E-state index is 5.47. The van der Waals surface area contributed by atoms with Crippen LogP contribution in [0.2, 0.25) is 0 Å². The van der Waals surface area contributed by atoms with Gasteiger partial charge in [-0.05, 0) is 33.0 Å². The maximum Gasteiger partial charge on any atom is 0.110 e. The van der Waals surface area contributed by atoms with Gasteiger partial charge < -0.3 is 19.7 Å². The Labute approximate surface area is 98.6 Å². The minimum atomic E-state index is 0.340. The van der Waals surface area contributed by atoms with Crippen molar-refractivity contribution in [2.75, 3.05) is 46.9 Å². The molecule has 0 aromatic carbocycles. The van der Waals surface area contributed by atoms with Crippen LogP contribution in [0, 0.1) is 0 Å². The molecule has 0 fully saturated rings. The van der Waals surface area contributed by atoms with Gasteiger partial charge in [0, 0.05) is 19.6 Å². The van der Waals surface area contributed by atoms with Crippen LogP contribution >= 0.6 is 0 Å². The summed E-state index contributed by atoms with van der Waals surface area (Å²) in [6.07, 6.45) is 6.47. The van der Waals surface area contributed by atoms with E-state index in [1.807, 2.05) is 6.26 Å². The number of nitrogens with one attached hydrogen (secondary N) is 1. The Kier molecular flexibility index (Phi) is 7.21. The average molecular weight is 228 g/mol. The van der Waals surface area contributed by atoms with Crippen molar-refractivity contribution in [3.05, 3.63) is 12.3 Å². The summed E-state index contributed by atoms with van der Waals surface area (Å²) < 4.78 is 10.9. The third-order valence-electron chi connectivity index (χ3n) is 2.50. The van der Waals surface area contributed by atoms with Crippen molar-refractivity contribution < 1.29 is 9.47 Å². The molecule has 0 bridgehead atoms. The van der Waals surface area contributed by atoms with Gasteiger partial charge in [0.2, 0.25) is 0 Å². The number of nitrogens with zero attached hydrogens (tertiary/aromatic N) is 1. The van der Waals surface area contributed by atoms with Gasteiger partial charge in [-0.1, -0.05) is 0 Å². The summed E-state index contributed by atoms with van der Waals surface area (Å²) in [5.74, 6) is 0. The van der Waals surface area contributed by atoms with E-state index in [2.05, 4.69) is 30.4 Å². The predicted molar refractivity (Wildman–Crippen MR) is 65.5 cm³/mol. The van der Waals surface area contributed by atoms with Crippen LogP contribution in [-0.2, 0) is 9.47 Å². The minimum Gasteiger partial charge on any atom is -0.497 e. The van der Waals surface area contributed by atoms with Crippen molar-refractivity contribution >= 4 is 0 Å². The lowest BCUT2D eigenvalue weighted by Crippen LogP contribution is -2.31. The van der Waals surface area contributed by atoms with Gasteiger partial charge in [-0.3, -0.25) is 0 Å². The standard InChI is InChI=1S/C12H24N2O2/c1-14(2)7-10-15-9-6-13-11-12-5-3-4-8-16-12/h4,8,12-13H,3,5-7,9-11H2,1-2H3. The molecule has 1 aliphatic rings. The first-order valence-corrected chi connectivity index (χ1v) is 6.02. The van der Waals surface area contributed by atoms with Crippen molar-refractivity contribution in [2.24, 2.45) is 0 Å². The van der Waals surface area contributed by atoms with Gasteiger partial charge in [0.25, 0.3) is 0 Å². The summed E-state index contributed by atoms with van der Waals surface area (Å²) in [5.41, 5.74) is 0. The van der Waals surface area contributed by atoms with Crippen LogP contribution in [0.3, 0.4) is 0 Å². The van der Waals surface area contributed by atoms with E-state index in [-0.39, 0.29) is 0 Å². The van der Waals surface area contributed by atoms with E-state index in [1.165, 1.54) is 0 Å². The van der Waals surface area contributed by atoms with Gasteiger partial charge in [0.15, 0.2) is 0 Å². The summed E-state index contributed by atoms with van der Waals surface area (Å²) >= 11 is 0. The zero-order chi connectivity index (χ0) is 11.6. The van der Waals surface area contributed by atoms with Gasteiger partial charge in [0.1, 0.15) is 6.10 Å². The molecule has 4 heteroatoms. The Morgan fingerprint density at radius 2 is 2.31 bits per heavy atom. The summed E-state index contributed by atoms with van der Waals surface area (Å²) in [7, 11) is 4.10. The van der Waals surface area contributed by atoms with Crippen molar-refractivity contribution in [1.29, 1.82) is 0 Å². The van der Waals surface area contributed by atoms with E-state index < -0.39 is 0 Å². The highest BCUT2D eigenvalue weighted by Crippen LogP contribution is 2.08. The summed E-state index contributed by atoms with van der Waals surface area (Å²) in [4.78, 5) is 2.12. The molecule has 4 nitrogen and oxygen atoms in total. The fraction of sp³-hybridized carbons (Fsp3) is 0.833. The zero-order valence-corrected chi connectivity index (χ0v) is 10.4. The molecule has 1 atom stereocenters. The van der Waals surface area contributed by atoms with Crippen molar-refractivity contribution in [2.45, 2.75) is 18.9 Å². The molecule has 1 N–H and O–H groups in total. The number of ether oxygens (including phenoxy) is 2. The monoisotopic (exact) mass is 228 g/mol. The third-order valence-corrected chi connectivity index (χ3v) is 2.50. The van der Waals surface area contributed by atoms with Crippen LogP contribution in [0.1, 0.15) is 12.8 Å². The molecule has 1 aliphatic heterocycles. The second-order valence-electron chi connectivity index (χ2n) is 4.33. The number of hydrogen-bond acceptors (Lipinski definition) is 4. The maximum atomic E-state index is 5.47. The predicted octanol–water partition coefficient (Wildman–Crippen LogP) is 0.847. The van der Waals surface area contributed by atoms with Crippen molar-refractivity contribution in [3.63, 3.8) is 0 Å². The van der Waals surface area contributed by atoms with Crippen molar-refractivity contribution in [1.82, 2.24) is 10.2 Å². The molecule has 0 amide bonds.